The summed E-state index contributed by atoms with van der Waals surface area (Å²) < 4.78 is 39.8. The number of benzene rings is 1. The summed E-state index contributed by atoms with van der Waals surface area (Å²) in [6.07, 6.45) is 2.16. The average molecular weight is 395 g/mol. The second-order valence-electron chi connectivity index (χ2n) is 8.25. The molecule has 1 aromatic rings. The molecule has 2 fully saturated rings. The maximum absolute atomic E-state index is 13.1. The molecule has 1 saturated heterocycles. The van der Waals surface area contributed by atoms with Gasteiger partial charge in [-0.05, 0) is 49.4 Å². The molecular weight excluding hydrogens is 367 g/mol. The van der Waals surface area contributed by atoms with E-state index in [0.717, 1.165) is 12.1 Å². The molecule has 27 heavy (non-hydrogen) atoms. The lowest BCUT2D eigenvalue weighted by molar-refractivity contribution is -0.134. The van der Waals surface area contributed by atoms with E-state index in [-0.39, 0.29) is 41.1 Å². The van der Waals surface area contributed by atoms with Gasteiger partial charge in [0.05, 0.1) is 10.8 Å². The summed E-state index contributed by atoms with van der Waals surface area (Å²) >= 11 is 0. The van der Waals surface area contributed by atoms with Crippen molar-refractivity contribution >= 4 is 15.9 Å². The van der Waals surface area contributed by atoms with Gasteiger partial charge in [-0.25, -0.2) is 12.8 Å². The van der Waals surface area contributed by atoms with Crippen LogP contribution in [0.5, 0.6) is 0 Å². The Balaban J connectivity index is 1.65. The van der Waals surface area contributed by atoms with E-state index in [0.29, 0.717) is 13.1 Å². The van der Waals surface area contributed by atoms with Gasteiger partial charge in [-0.3, -0.25) is 4.79 Å². The highest BCUT2D eigenvalue weighted by Gasteiger charge is 2.61. The summed E-state index contributed by atoms with van der Waals surface area (Å²) in [6.45, 7) is 9.56. The van der Waals surface area contributed by atoms with Crippen LogP contribution in [-0.2, 0) is 14.8 Å². The molecule has 0 unspecified atom stereocenters. The second kappa shape index (κ2) is 7.02. The Morgan fingerprint density at radius 3 is 2.19 bits per heavy atom. The predicted octanol–water partition coefficient (Wildman–Crippen LogP) is 2.90. The van der Waals surface area contributed by atoms with E-state index in [9.17, 15) is 17.6 Å². The third-order valence-corrected chi connectivity index (χ3v) is 7.60. The third kappa shape index (κ3) is 3.80. The van der Waals surface area contributed by atoms with Crippen molar-refractivity contribution in [3.05, 3.63) is 41.7 Å². The molecule has 0 radical (unpaired) electrons. The molecule has 1 amide bonds. The number of amides is 1. The fourth-order valence-electron chi connectivity index (χ4n) is 3.92. The number of carbonyl (C=O) groups excluding carboxylic acids is 1. The van der Waals surface area contributed by atoms with Gasteiger partial charge >= 0.3 is 0 Å². The number of piperazine rings is 1. The van der Waals surface area contributed by atoms with Crippen molar-refractivity contribution in [2.45, 2.75) is 32.6 Å². The summed E-state index contributed by atoms with van der Waals surface area (Å²) in [5.74, 6) is -0.146. The summed E-state index contributed by atoms with van der Waals surface area (Å²) in [4.78, 5) is 14.8. The molecule has 0 bridgehead atoms. The lowest BCUT2D eigenvalue weighted by atomic mass is 10.1. The van der Waals surface area contributed by atoms with E-state index >= 15 is 0 Å². The molecule has 148 valence electrons. The molecule has 1 saturated carbocycles. The van der Waals surface area contributed by atoms with E-state index in [1.165, 1.54) is 22.0 Å². The van der Waals surface area contributed by atoms with Crippen LogP contribution in [0.1, 0.15) is 27.7 Å². The molecule has 2 atom stereocenters. The van der Waals surface area contributed by atoms with Gasteiger partial charge in [0.2, 0.25) is 15.9 Å². The predicted molar refractivity (Wildman–Crippen MR) is 102 cm³/mol. The number of halogens is 1. The Bertz CT molecular complexity index is 850. The molecule has 0 aromatic heterocycles. The summed E-state index contributed by atoms with van der Waals surface area (Å²) in [5, 5.41) is 0. The summed E-state index contributed by atoms with van der Waals surface area (Å²) in [5.41, 5.74) is 1.16. The fraction of sp³-hybridized carbons (Fsp3) is 0.550. The van der Waals surface area contributed by atoms with Crippen LogP contribution in [0.3, 0.4) is 0 Å². The second-order valence-corrected chi connectivity index (χ2v) is 10.2. The molecule has 1 aliphatic carbocycles. The molecule has 3 rings (SSSR count). The smallest absolute Gasteiger partial charge is 0.243 e. The number of nitrogens with zero attached hydrogens (tertiary/aromatic N) is 2. The topological polar surface area (TPSA) is 57.7 Å². The molecule has 7 heteroatoms. The third-order valence-electron chi connectivity index (χ3n) is 5.69. The van der Waals surface area contributed by atoms with E-state index in [4.69, 9.17) is 0 Å². The van der Waals surface area contributed by atoms with Crippen molar-refractivity contribution in [2.75, 3.05) is 26.2 Å². The highest BCUT2D eigenvalue weighted by Crippen LogP contribution is 2.60. The van der Waals surface area contributed by atoms with E-state index in [1.807, 2.05) is 13.8 Å². The number of hydrogen-bond donors (Lipinski definition) is 0. The Morgan fingerprint density at radius 1 is 1.11 bits per heavy atom. The Labute approximate surface area is 160 Å². The molecule has 1 aromatic carbocycles. The van der Waals surface area contributed by atoms with Crippen LogP contribution in [-0.4, -0.2) is 49.7 Å². The number of rotatable bonds is 4. The van der Waals surface area contributed by atoms with Gasteiger partial charge < -0.3 is 4.90 Å². The minimum absolute atomic E-state index is 0.0346. The van der Waals surface area contributed by atoms with Crippen LogP contribution >= 0.6 is 0 Å². The first-order chi connectivity index (χ1) is 12.5. The zero-order chi connectivity index (χ0) is 20.0. The van der Waals surface area contributed by atoms with Crippen LogP contribution in [0.15, 0.2) is 40.8 Å². The fourth-order valence-corrected chi connectivity index (χ4v) is 5.34. The minimum Gasteiger partial charge on any atom is -0.340 e. The SMILES string of the molecule is CC(C)=C[C@H]1[C@H](C(=O)N2CCN(S(=O)(=O)c3ccc(F)cc3)CC2)C1(C)C. The maximum Gasteiger partial charge on any atom is 0.243 e. The molecule has 1 heterocycles. The van der Waals surface area contributed by atoms with Gasteiger partial charge in [0, 0.05) is 26.2 Å². The maximum atomic E-state index is 13.1. The van der Waals surface area contributed by atoms with Gasteiger partial charge in [-0.1, -0.05) is 25.5 Å². The highest BCUT2D eigenvalue weighted by atomic mass is 32.2. The standard InChI is InChI=1S/C20H27FN2O3S/c1-14(2)13-17-18(20(17,3)4)19(24)22-9-11-23(12-10-22)27(25,26)16-7-5-15(21)6-8-16/h5-8,13,17-18H,9-12H2,1-4H3/t17-,18+/m0/s1. The Morgan fingerprint density at radius 2 is 1.67 bits per heavy atom. The number of sulfonamides is 1. The van der Waals surface area contributed by atoms with Crippen LogP contribution in [0.25, 0.3) is 0 Å². The summed E-state index contributed by atoms with van der Waals surface area (Å²) in [7, 11) is -3.66. The van der Waals surface area contributed by atoms with Gasteiger partial charge in [-0.2, -0.15) is 4.31 Å². The number of carbonyl (C=O) groups is 1. The lowest BCUT2D eigenvalue weighted by Gasteiger charge is -2.34. The first-order valence-electron chi connectivity index (χ1n) is 9.24. The first-order valence-corrected chi connectivity index (χ1v) is 10.7. The Hall–Kier alpha value is -1.73. The zero-order valence-electron chi connectivity index (χ0n) is 16.3. The van der Waals surface area contributed by atoms with Crippen molar-refractivity contribution in [2.24, 2.45) is 17.3 Å². The number of hydrogen-bond acceptors (Lipinski definition) is 3. The van der Waals surface area contributed by atoms with Crippen molar-refractivity contribution in [3.8, 4) is 0 Å². The van der Waals surface area contributed by atoms with Gasteiger partial charge in [0.1, 0.15) is 5.82 Å². The van der Waals surface area contributed by atoms with E-state index in [2.05, 4.69) is 19.9 Å². The van der Waals surface area contributed by atoms with Crippen molar-refractivity contribution in [1.29, 1.82) is 0 Å². The normalized spacial score (nSPS) is 25.1. The highest BCUT2D eigenvalue weighted by molar-refractivity contribution is 7.89. The van der Waals surface area contributed by atoms with Crippen molar-refractivity contribution in [1.82, 2.24) is 9.21 Å². The molecule has 1 aliphatic heterocycles. The summed E-state index contributed by atoms with van der Waals surface area (Å²) in [6, 6.07) is 4.84. The molecule has 2 aliphatic rings. The average Bonchev–Trinajstić information content (AvgIpc) is 3.14. The van der Waals surface area contributed by atoms with E-state index < -0.39 is 15.8 Å². The largest absolute Gasteiger partial charge is 0.340 e. The number of allylic oxidation sites excluding steroid dienone is 2. The minimum atomic E-state index is -3.66. The molecule has 5 nitrogen and oxygen atoms in total. The van der Waals surface area contributed by atoms with Gasteiger partial charge in [-0.15, -0.1) is 0 Å². The molecule has 0 spiro atoms. The van der Waals surface area contributed by atoms with Crippen LogP contribution < -0.4 is 0 Å². The van der Waals surface area contributed by atoms with Crippen molar-refractivity contribution < 1.29 is 17.6 Å². The molecule has 0 N–H and O–H groups in total. The van der Waals surface area contributed by atoms with Crippen molar-refractivity contribution in [3.63, 3.8) is 0 Å². The van der Waals surface area contributed by atoms with Gasteiger partial charge in [0.15, 0.2) is 0 Å². The van der Waals surface area contributed by atoms with E-state index in [1.54, 1.807) is 4.90 Å². The Kier molecular flexibility index (Phi) is 5.20. The zero-order valence-corrected chi connectivity index (χ0v) is 17.1. The van der Waals surface area contributed by atoms with Crippen LogP contribution in [0.2, 0.25) is 0 Å². The van der Waals surface area contributed by atoms with Crippen LogP contribution in [0, 0.1) is 23.1 Å². The van der Waals surface area contributed by atoms with Gasteiger partial charge in [0.25, 0.3) is 0 Å². The molecular formula is C20H27FN2O3S. The first kappa shape index (κ1) is 20.0. The van der Waals surface area contributed by atoms with Crippen LogP contribution in [0.4, 0.5) is 4.39 Å². The quantitative estimate of drug-likeness (QED) is 0.738. The monoisotopic (exact) mass is 394 g/mol. The lowest BCUT2D eigenvalue weighted by Crippen LogP contribution is -2.51.